The van der Waals surface area contributed by atoms with Crippen molar-refractivity contribution >= 4 is 26.3 Å². The molecule has 0 aliphatic rings. The molecule has 2 radical (unpaired) electrons. The van der Waals surface area contributed by atoms with E-state index in [1.54, 1.807) is 0 Å². The van der Waals surface area contributed by atoms with Crippen molar-refractivity contribution in [1.82, 2.24) is 0 Å². The average Bonchev–Trinajstić information content (AvgIpc) is 1.27. The lowest BCUT2D eigenvalue weighted by molar-refractivity contribution is 1.57. The summed E-state index contributed by atoms with van der Waals surface area (Å²) < 4.78 is 0. The molecule has 0 aromatic heterocycles. The smallest absolute Gasteiger partial charge is 0.214 e. The maximum atomic E-state index is 7.10. The van der Waals surface area contributed by atoms with E-state index in [9.17, 15) is 0 Å². The van der Waals surface area contributed by atoms with Crippen LogP contribution in [-0.4, -0.2) is 15.2 Å². The van der Waals surface area contributed by atoms with Gasteiger partial charge in [-0.1, -0.05) is 19.6 Å². The fraction of sp³-hybridized carbons (Fsp3) is 0.750. The van der Waals surface area contributed by atoms with Crippen LogP contribution in [0.15, 0.2) is 0 Å². The second-order valence-corrected chi connectivity index (χ2v) is 9.73. The third-order valence-corrected chi connectivity index (χ3v) is 0. The van der Waals surface area contributed by atoms with E-state index in [2.05, 4.69) is 27.5 Å². The number of hydrogen-bond acceptors (Lipinski definition) is 1. The number of nitrogens with zero attached hydrogens (tertiary/aromatic N) is 1. The van der Waals surface area contributed by atoms with Crippen LogP contribution < -0.4 is 0 Å². The van der Waals surface area contributed by atoms with E-state index >= 15 is 0 Å². The fourth-order valence-corrected chi connectivity index (χ4v) is 0. The van der Waals surface area contributed by atoms with Crippen LogP contribution in [-0.2, 0) is 0 Å². The molecular formula is C4H9BClNSi. The Labute approximate surface area is 57.8 Å². The zero-order valence-electron chi connectivity index (χ0n) is 5.40. The van der Waals surface area contributed by atoms with Crippen molar-refractivity contribution in [1.29, 1.82) is 5.26 Å². The Kier molecular flexibility index (Phi) is 7.12. The first-order valence-corrected chi connectivity index (χ1v) is 6.71. The van der Waals surface area contributed by atoms with Crippen LogP contribution in [0.2, 0.25) is 19.6 Å². The Balaban J connectivity index is 0. The molecule has 0 aromatic carbocycles. The maximum absolute atomic E-state index is 7.10. The molecule has 0 bridgehead atoms. The van der Waals surface area contributed by atoms with Gasteiger partial charge in [-0.2, -0.15) is 11.1 Å². The van der Waals surface area contributed by atoms with Gasteiger partial charge in [0.05, 0.1) is 0 Å². The number of halogens is 1. The van der Waals surface area contributed by atoms with E-state index in [0.29, 0.717) is 0 Å². The predicted molar refractivity (Wildman–Crippen MR) is 40.6 cm³/mol. The highest BCUT2D eigenvalue weighted by atomic mass is 35.6. The second kappa shape index (κ2) is 5.20. The minimum Gasteiger partial charge on any atom is -0.214 e. The van der Waals surface area contributed by atoms with Crippen LogP contribution in [0.4, 0.5) is 0 Å². The molecule has 8 heavy (non-hydrogen) atoms. The van der Waals surface area contributed by atoms with Crippen LogP contribution in [0.25, 0.3) is 0 Å². The topological polar surface area (TPSA) is 23.8 Å². The molecule has 44 valence electrons. The maximum Gasteiger partial charge on any atom is 0.229 e. The number of nitriles is 1. The van der Waals surface area contributed by atoms with Gasteiger partial charge in [0, 0.05) is 0 Å². The fourth-order valence-electron chi connectivity index (χ4n) is 0. The zero-order valence-corrected chi connectivity index (χ0v) is 7.16. The minimum atomic E-state index is -1.14. The molecule has 0 N–H and O–H groups in total. The molecule has 0 atom stereocenters. The molecule has 0 spiro atoms. The molecule has 0 aliphatic carbocycles. The standard InChI is InChI=1S/C3H9ClSi.CBN/c1-5(2,3)4;2-1-3/h1-3H3;. The summed E-state index contributed by atoms with van der Waals surface area (Å²) in [6, 6.07) is 0. The minimum absolute atomic E-state index is 1.14. The summed E-state index contributed by atoms with van der Waals surface area (Å²) >= 11 is 5.67. The largest absolute Gasteiger partial charge is 0.229 e. The average molecular weight is 145 g/mol. The van der Waals surface area contributed by atoms with E-state index in [0.717, 1.165) is 0 Å². The Bertz CT molecular complexity index is 77.0. The lowest BCUT2D eigenvalue weighted by atomic mass is 10.2. The molecule has 4 heteroatoms. The van der Waals surface area contributed by atoms with Gasteiger partial charge in [-0.25, -0.2) is 5.26 Å². The van der Waals surface area contributed by atoms with Gasteiger partial charge < -0.3 is 0 Å². The zero-order chi connectivity index (χ0) is 7.21. The van der Waals surface area contributed by atoms with Gasteiger partial charge in [-0.05, 0) is 5.97 Å². The third-order valence-electron chi connectivity index (χ3n) is 0. The second-order valence-electron chi connectivity index (χ2n) is 2.20. The molecule has 0 saturated heterocycles. The normalized spacial score (nSPS) is 8.38. The van der Waals surface area contributed by atoms with Crippen molar-refractivity contribution in [3.8, 4) is 5.97 Å². The van der Waals surface area contributed by atoms with Crippen molar-refractivity contribution in [2.24, 2.45) is 0 Å². The van der Waals surface area contributed by atoms with Gasteiger partial charge in [0.15, 0.2) is 0 Å². The number of rotatable bonds is 0. The van der Waals surface area contributed by atoms with E-state index in [1.807, 2.05) is 0 Å². The van der Waals surface area contributed by atoms with Crippen molar-refractivity contribution in [2.45, 2.75) is 19.6 Å². The Morgan fingerprint density at radius 1 is 1.50 bits per heavy atom. The number of hydrogen-bond donors (Lipinski definition) is 0. The molecule has 0 unspecified atom stereocenters. The van der Waals surface area contributed by atoms with Crippen molar-refractivity contribution in [2.75, 3.05) is 0 Å². The molecule has 0 aliphatic heterocycles. The Hall–Kier alpha value is 0.0618. The van der Waals surface area contributed by atoms with Crippen LogP contribution >= 0.6 is 11.1 Å². The Morgan fingerprint density at radius 3 is 1.50 bits per heavy atom. The van der Waals surface area contributed by atoms with Crippen LogP contribution in [0.1, 0.15) is 0 Å². The molecule has 0 rings (SSSR count). The molecule has 0 aromatic rings. The summed E-state index contributed by atoms with van der Waals surface area (Å²) in [5.41, 5.74) is 0. The lowest BCUT2D eigenvalue weighted by Crippen LogP contribution is -2.06. The highest BCUT2D eigenvalue weighted by Gasteiger charge is 2.04. The van der Waals surface area contributed by atoms with Gasteiger partial charge in [0.2, 0.25) is 7.85 Å². The first kappa shape index (κ1) is 10.9. The molecule has 0 fully saturated rings. The third kappa shape index (κ3) is 40600. The predicted octanol–water partition coefficient (Wildman–Crippen LogP) is 1.70. The van der Waals surface area contributed by atoms with E-state index in [4.69, 9.17) is 16.3 Å². The van der Waals surface area contributed by atoms with Gasteiger partial charge in [0.1, 0.15) is 7.38 Å². The van der Waals surface area contributed by atoms with Gasteiger partial charge >= 0.3 is 0 Å². The lowest BCUT2D eigenvalue weighted by Gasteiger charge is -1.97. The molecule has 1 nitrogen and oxygen atoms in total. The van der Waals surface area contributed by atoms with Crippen molar-refractivity contribution in [3.05, 3.63) is 0 Å². The van der Waals surface area contributed by atoms with Gasteiger partial charge in [-0.3, -0.25) is 0 Å². The van der Waals surface area contributed by atoms with Crippen LogP contribution in [0.3, 0.4) is 0 Å². The summed E-state index contributed by atoms with van der Waals surface area (Å²) in [6.45, 7) is 6.28. The molecule has 0 heterocycles. The summed E-state index contributed by atoms with van der Waals surface area (Å²) in [5.74, 6) is 1.25. The van der Waals surface area contributed by atoms with Crippen LogP contribution in [0.5, 0.6) is 0 Å². The van der Waals surface area contributed by atoms with Gasteiger partial charge in [-0.15, -0.1) is 0 Å². The van der Waals surface area contributed by atoms with Gasteiger partial charge in [0.25, 0.3) is 0 Å². The summed E-state index contributed by atoms with van der Waals surface area (Å²) in [6.07, 6.45) is 0. The van der Waals surface area contributed by atoms with Crippen molar-refractivity contribution in [3.63, 3.8) is 0 Å². The Morgan fingerprint density at radius 2 is 1.50 bits per heavy atom. The molecular weight excluding hydrogens is 136 g/mol. The monoisotopic (exact) mass is 145 g/mol. The van der Waals surface area contributed by atoms with E-state index < -0.39 is 7.38 Å². The van der Waals surface area contributed by atoms with Crippen molar-refractivity contribution < 1.29 is 0 Å². The molecule has 0 amide bonds. The SMILES string of the molecule is C[Si](C)(C)Cl.[B]C#N. The first-order valence-electron chi connectivity index (χ1n) is 2.20. The first-order chi connectivity index (χ1) is 3.41. The van der Waals surface area contributed by atoms with E-state index in [1.165, 1.54) is 5.97 Å². The summed E-state index contributed by atoms with van der Waals surface area (Å²) in [5, 5.41) is 7.10. The quantitative estimate of drug-likeness (QED) is 0.376. The highest BCUT2D eigenvalue weighted by molar-refractivity contribution is 7.18. The van der Waals surface area contributed by atoms with E-state index in [-0.39, 0.29) is 0 Å². The summed E-state index contributed by atoms with van der Waals surface area (Å²) in [4.78, 5) is 0. The molecule has 0 saturated carbocycles. The van der Waals surface area contributed by atoms with Crippen LogP contribution in [0, 0.1) is 11.2 Å². The summed E-state index contributed by atoms with van der Waals surface area (Å²) in [7, 11) is 3.01. The highest BCUT2D eigenvalue weighted by Crippen LogP contribution is 2.03.